The summed E-state index contributed by atoms with van der Waals surface area (Å²) in [5.74, 6) is 0.103. The van der Waals surface area contributed by atoms with Gasteiger partial charge in [-0.3, -0.25) is 9.48 Å². The van der Waals surface area contributed by atoms with Gasteiger partial charge in [0.05, 0.1) is 18.3 Å². The minimum Gasteiger partial charge on any atom is -0.305 e. The molecule has 0 amide bonds. The van der Waals surface area contributed by atoms with Gasteiger partial charge in [-0.15, -0.1) is 0 Å². The maximum absolute atomic E-state index is 12.4. The van der Waals surface area contributed by atoms with E-state index in [2.05, 4.69) is 5.10 Å². The van der Waals surface area contributed by atoms with Crippen molar-refractivity contribution >= 4 is 11.5 Å². The molecule has 0 unspecified atom stereocenters. The molecule has 3 rings (SSSR count). The predicted octanol–water partition coefficient (Wildman–Crippen LogP) is 4.13. The lowest BCUT2D eigenvalue weighted by atomic mass is 10.0. The van der Waals surface area contributed by atoms with Crippen molar-refractivity contribution in [3.8, 4) is 0 Å². The highest BCUT2D eigenvalue weighted by Crippen LogP contribution is 2.11. The maximum atomic E-state index is 12.4. The summed E-state index contributed by atoms with van der Waals surface area (Å²) in [4.78, 5) is 12.4. The minimum atomic E-state index is 0.103. The number of benzene rings is 2. The molecule has 2 aromatic carbocycles. The van der Waals surface area contributed by atoms with Gasteiger partial charge in [-0.2, -0.15) is 5.10 Å². The molecule has 0 saturated carbocycles. The third-order valence-electron chi connectivity index (χ3n) is 4.17. The first-order valence-corrected chi connectivity index (χ1v) is 8.36. The van der Waals surface area contributed by atoms with Crippen LogP contribution in [0.4, 0.5) is 0 Å². The van der Waals surface area contributed by atoms with Crippen LogP contribution in [-0.4, -0.2) is 21.3 Å². The molecule has 0 aliphatic rings. The second-order valence-corrected chi connectivity index (χ2v) is 6.16. The van der Waals surface area contributed by atoms with E-state index in [4.69, 9.17) is 5.41 Å². The van der Waals surface area contributed by atoms with E-state index in [-0.39, 0.29) is 5.78 Å². The molecule has 1 heterocycles. The first-order valence-electron chi connectivity index (χ1n) is 8.36. The number of carbonyl (C=O) groups excluding carboxylic acids is 1. The summed E-state index contributed by atoms with van der Waals surface area (Å²) in [6.45, 7) is 2.43. The van der Waals surface area contributed by atoms with Crippen LogP contribution in [0.1, 0.15) is 40.4 Å². The fraction of sp³-hybridized carbons (Fsp3) is 0.190. The molecular formula is C21H21N3O. The van der Waals surface area contributed by atoms with E-state index in [9.17, 15) is 4.79 Å². The Bertz CT molecular complexity index is 864. The number of hydrogen-bond donors (Lipinski definition) is 1. The van der Waals surface area contributed by atoms with Crippen LogP contribution in [0.2, 0.25) is 0 Å². The van der Waals surface area contributed by atoms with E-state index >= 15 is 0 Å². The van der Waals surface area contributed by atoms with Gasteiger partial charge in [-0.1, -0.05) is 54.6 Å². The number of Topliss-reactive ketones (excluding diaryl/α,β-unsaturated/α-hetero) is 1. The fourth-order valence-electron chi connectivity index (χ4n) is 2.69. The van der Waals surface area contributed by atoms with Gasteiger partial charge in [-0.25, -0.2) is 0 Å². The zero-order valence-electron chi connectivity index (χ0n) is 14.3. The summed E-state index contributed by atoms with van der Waals surface area (Å²) in [5.41, 5.74) is 4.38. The monoisotopic (exact) mass is 331 g/mol. The Labute approximate surface area is 147 Å². The number of aryl methyl sites for hydroxylation is 1. The number of carbonyl (C=O) groups is 1. The van der Waals surface area contributed by atoms with Gasteiger partial charge < -0.3 is 5.41 Å². The zero-order chi connectivity index (χ0) is 17.6. The van der Waals surface area contributed by atoms with Crippen molar-refractivity contribution in [1.29, 1.82) is 5.41 Å². The number of nitrogens with one attached hydrogen (secondary N) is 1. The predicted molar refractivity (Wildman–Crippen MR) is 99.4 cm³/mol. The van der Waals surface area contributed by atoms with Gasteiger partial charge in [0.1, 0.15) is 0 Å². The van der Waals surface area contributed by atoms with Crippen molar-refractivity contribution in [2.45, 2.75) is 26.3 Å². The van der Waals surface area contributed by atoms with E-state index in [0.29, 0.717) is 30.7 Å². The molecule has 0 spiro atoms. The van der Waals surface area contributed by atoms with E-state index in [1.165, 1.54) is 0 Å². The molecule has 0 bridgehead atoms. The summed E-state index contributed by atoms with van der Waals surface area (Å²) in [6, 6.07) is 17.9. The second kappa shape index (κ2) is 7.71. The average molecular weight is 331 g/mol. The Morgan fingerprint density at radius 2 is 1.72 bits per heavy atom. The lowest BCUT2D eigenvalue weighted by Gasteiger charge is -2.03. The quantitative estimate of drug-likeness (QED) is 0.522. The SMILES string of the molecule is CC(=N)c1ccc(CCC(=O)c2cnn(Cc3ccccc3)c2)cc1. The Balaban J connectivity index is 1.57. The summed E-state index contributed by atoms with van der Waals surface area (Å²) in [5, 5.41) is 11.9. The third-order valence-corrected chi connectivity index (χ3v) is 4.17. The molecule has 0 saturated heterocycles. The Hall–Kier alpha value is -3.01. The number of rotatable bonds is 7. The molecule has 1 aromatic heterocycles. The van der Waals surface area contributed by atoms with Gasteiger partial charge in [0.25, 0.3) is 0 Å². The highest BCUT2D eigenvalue weighted by molar-refractivity contribution is 5.96. The van der Waals surface area contributed by atoms with Crippen molar-refractivity contribution < 1.29 is 4.79 Å². The van der Waals surface area contributed by atoms with Crippen molar-refractivity contribution in [2.24, 2.45) is 0 Å². The summed E-state index contributed by atoms with van der Waals surface area (Å²) in [6.07, 6.45) is 4.61. The van der Waals surface area contributed by atoms with Gasteiger partial charge >= 0.3 is 0 Å². The van der Waals surface area contributed by atoms with E-state index in [0.717, 1.165) is 16.7 Å². The third kappa shape index (κ3) is 4.51. The van der Waals surface area contributed by atoms with Gasteiger partial charge in [0.15, 0.2) is 5.78 Å². The van der Waals surface area contributed by atoms with Gasteiger partial charge in [0, 0.05) is 18.3 Å². The molecule has 4 nitrogen and oxygen atoms in total. The van der Waals surface area contributed by atoms with E-state index in [1.54, 1.807) is 17.8 Å². The number of aromatic nitrogens is 2. The normalized spacial score (nSPS) is 10.6. The minimum absolute atomic E-state index is 0.103. The van der Waals surface area contributed by atoms with Crippen molar-refractivity contribution in [3.05, 3.63) is 89.2 Å². The molecule has 1 N–H and O–H groups in total. The number of nitrogens with zero attached hydrogens (tertiary/aromatic N) is 2. The van der Waals surface area contributed by atoms with Crippen LogP contribution in [0.3, 0.4) is 0 Å². The zero-order valence-corrected chi connectivity index (χ0v) is 14.3. The first-order chi connectivity index (χ1) is 12.1. The molecule has 3 aromatic rings. The molecule has 126 valence electrons. The Kier molecular flexibility index (Phi) is 5.19. The lowest BCUT2D eigenvalue weighted by Crippen LogP contribution is -2.02. The molecule has 4 heteroatoms. The molecule has 0 aliphatic heterocycles. The Morgan fingerprint density at radius 3 is 2.40 bits per heavy atom. The van der Waals surface area contributed by atoms with Crippen molar-refractivity contribution in [1.82, 2.24) is 9.78 Å². The highest BCUT2D eigenvalue weighted by atomic mass is 16.1. The topological polar surface area (TPSA) is 58.7 Å². The van der Waals surface area contributed by atoms with Gasteiger partial charge in [-0.05, 0) is 30.0 Å². The van der Waals surface area contributed by atoms with Crippen LogP contribution in [0, 0.1) is 5.41 Å². The fourth-order valence-corrected chi connectivity index (χ4v) is 2.69. The van der Waals surface area contributed by atoms with Gasteiger partial charge in [0.2, 0.25) is 0 Å². The smallest absolute Gasteiger partial charge is 0.166 e. The van der Waals surface area contributed by atoms with Crippen LogP contribution >= 0.6 is 0 Å². The van der Waals surface area contributed by atoms with Crippen LogP contribution in [-0.2, 0) is 13.0 Å². The molecule has 0 atom stereocenters. The molecular weight excluding hydrogens is 310 g/mol. The standard InChI is InChI=1S/C21H21N3O/c1-16(22)19-10-7-17(8-11-19)9-12-21(25)20-13-23-24(15-20)14-18-5-3-2-4-6-18/h2-8,10-11,13,15,22H,9,12,14H2,1H3. The average Bonchev–Trinajstić information content (AvgIpc) is 3.09. The number of hydrogen-bond acceptors (Lipinski definition) is 3. The largest absolute Gasteiger partial charge is 0.305 e. The van der Waals surface area contributed by atoms with Crippen LogP contribution < -0.4 is 0 Å². The van der Waals surface area contributed by atoms with E-state index in [1.807, 2.05) is 60.8 Å². The summed E-state index contributed by atoms with van der Waals surface area (Å²) in [7, 11) is 0. The molecule has 0 fully saturated rings. The first kappa shape index (κ1) is 16.8. The van der Waals surface area contributed by atoms with Crippen LogP contribution in [0.15, 0.2) is 67.0 Å². The van der Waals surface area contributed by atoms with Crippen LogP contribution in [0.25, 0.3) is 0 Å². The highest BCUT2D eigenvalue weighted by Gasteiger charge is 2.09. The Morgan fingerprint density at radius 1 is 1.00 bits per heavy atom. The molecule has 25 heavy (non-hydrogen) atoms. The maximum Gasteiger partial charge on any atom is 0.166 e. The molecule has 0 radical (unpaired) electrons. The lowest BCUT2D eigenvalue weighted by molar-refractivity contribution is 0.0982. The molecule has 0 aliphatic carbocycles. The summed E-state index contributed by atoms with van der Waals surface area (Å²) < 4.78 is 1.80. The van der Waals surface area contributed by atoms with E-state index < -0.39 is 0 Å². The number of ketones is 1. The van der Waals surface area contributed by atoms with Crippen molar-refractivity contribution in [2.75, 3.05) is 0 Å². The van der Waals surface area contributed by atoms with Crippen LogP contribution in [0.5, 0.6) is 0 Å². The second-order valence-electron chi connectivity index (χ2n) is 6.16. The summed E-state index contributed by atoms with van der Waals surface area (Å²) >= 11 is 0. The van der Waals surface area contributed by atoms with Crippen molar-refractivity contribution in [3.63, 3.8) is 0 Å².